The van der Waals surface area contributed by atoms with Crippen molar-refractivity contribution in [3.8, 4) is 5.75 Å². The summed E-state index contributed by atoms with van der Waals surface area (Å²) in [6.45, 7) is 4.86. The van der Waals surface area contributed by atoms with Gasteiger partial charge in [0.15, 0.2) is 6.29 Å². The SMILES string of the molecule is CC(C)Oc1ccc(NC(NN)N(Cc2ccc(Cl)cc2)C(=O)N(C)CC(=O)OC2CCOCC2)cc1Cl. The number of carbonyl (C=O) groups is 2. The number of carbonyl (C=O) groups excluding carboxylic acids is 2. The molecule has 10 nitrogen and oxygen atoms in total. The maximum absolute atomic E-state index is 13.6. The highest BCUT2D eigenvalue weighted by Gasteiger charge is 2.28. The van der Waals surface area contributed by atoms with E-state index < -0.39 is 18.3 Å². The third kappa shape index (κ3) is 8.92. The van der Waals surface area contributed by atoms with Crippen LogP contribution in [0.1, 0.15) is 32.3 Å². The molecule has 0 radical (unpaired) electrons. The largest absolute Gasteiger partial charge is 0.489 e. The van der Waals surface area contributed by atoms with Gasteiger partial charge in [0.2, 0.25) is 0 Å². The number of rotatable bonds is 11. The average Bonchev–Trinajstić information content (AvgIpc) is 2.88. The lowest BCUT2D eigenvalue weighted by atomic mass is 10.1. The Hall–Kier alpha value is -2.76. The number of urea groups is 1. The number of benzene rings is 2. The van der Waals surface area contributed by atoms with E-state index in [2.05, 4.69) is 10.7 Å². The second kappa shape index (κ2) is 14.4. The first-order chi connectivity index (χ1) is 18.2. The zero-order valence-electron chi connectivity index (χ0n) is 21.8. The van der Waals surface area contributed by atoms with Crippen molar-refractivity contribution in [2.75, 3.05) is 32.1 Å². The van der Waals surface area contributed by atoms with Gasteiger partial charge in [-0.25, -0.2) is 10.2 Å². The van der Waals surface area contributed by atoms with E-state index in [1.54, 1.807) is 30.3 Å². The van der Waals surface area contributed by atoms with E-state index in [0.717, 1.165) is 5.56 Å². The van der Waals surface area contributed by atoms with Crippen molar-refractivity contribution >= 4 is 40.9 Å². The minimum atomic E-state index is -0.861. The zero-order valence-corrected chi connectivity index (χ0v) is 23.3. The highest BCUT2D eigenvalue weighted by molar-refractivity contribution is 6.32. The molecule has 2 aromatic rings. The van der Waals surface area contributed by atoms with Crippen LogP contribution in [0, 0.1) is 0 Å². The first kappa shape index (κ1) is 29.8. The fraction of sp³-hybridized carbons (Fsp3) is 0.462. The molecular formula is C26H35Cl2N5O5. The van der Waals surface area contributed by atoms with Crippen molar-refractivity contribution in [1.82, 2.24) is 15.2 Å². The van der Waals surface area contributed by atoms with Crippen molar-refractivity contribution in [2.45, 2.75) is 51.7 Å². The molecule has 1 aliphatic rings. The minimum Gasteiger partial charge on any atom is -0.489 e. The standard InChI is InChI=1S/C26H35Cl2N5O5/c1-17(2)37-23-9-8-20(14-22(23)28)30-25(31-29)33(15-18-4-6-19(27)7-5-18)26(35)32(3)16-24(34)38-21-10-12-36-13-11-21/h4-9,14,17,21,25,30-31H,10-13,15-16,29H2,1-3H3. The van der Waals surface area contributed by atoms with Gasteiger partial charge in [-0.05, 0) is 49.7 Å². The Bertz CT molecular complexity index is 1070. The molecule has 2 aromatic carbocycles. The van der Waals surface area contributed by atoms with Crippen LogP contribution in [0.5, 0.6) is 5.75 Å². The summed E-state index contributed by atoms with van der Waals surface area (Å²) in [6, 6.07) is 11.8. The van der Waals surface area contributed by atoms with Gasteiger partial charge in [-0.15, -0.1) is 0 Å². The summed E-state index contributed by atoms with van der Waals surface area (Å²) in [7, 11) is 1.53. The number of nitrogens with zero attached hydrogens (tertiary/aromatic N) is 2. The van der Waals surface area contributed by atoms with Crippen LogP contribution in [0.4, 0.5) is 10.5 Å². The van der Waals surface area contributed by atoms with E-state index in [9.17, 15) is 9.59 Å². The quantitative estimate of drug-likeness (QED) is 0.160. The Morgan fingerprint density at radius 1 is 1.13 bits per heavy atom. The molecule has 208 valence electrons. The summed E-state index contributed by atoms with van der Waals surface area (Å²) in [5.41, 5.74) is 4.05. The smallest absolute Gasteiger partial charge is 0.325 e. The number of esters is 1. The second-order valence-electron chi connectivity index (χ2n) is 9.22. The van der Waals surface area contributed by atoms with Crippen molar-refractivity contribution in [3.05, 3.63) is 58.1 Å². The molecule has 12 heteroatoms. The molecule has 0 aromatic heterocycles. The summed E-state index contributed by atoms with van der Waals surface area (Å²) in [5, 5.41) is 4.16. The van der Waals surface area contributed by atoms with Crippen LogP contribution >= 0.6 is 23.2 Å². The molecule has 3 rings (SSSR count). The molecule has 0 bridgehead atoms. The van der Waals surface area contributed by atoms with E-state index in [4.69, 9.17) is 43.3 Å². The summed E-state index contributed by atoms with van der Waals surface area (Å²) >= 11 is 12.4. The van der Waals surface area contributed by atoms with Crippen LogP contribution in [0.3, 0.4) is 0 Å². The van der Waals surface area contributed by atoms with Crippen LogP contribution in [0.15, 0.2) is 42.5 Å². The van der Waals surface area contributed by atoms with Gasteiger partial charge in [0.1, 0.15) is 18.4 Å². The number of likely N-dealkylation sites (N-methyl/N-ethyl adjacent to an activating group) is 1. The van der Waals surface area contributed by atoms with Crippen LogP contribution in [-0.4, -0.2) is 67.1 Å². The number of hydrogen-bond acceptors (Lipinski definition) is 8. The van der Waals surface area contributed by atoms with E-state index in [1.165, 1.54) is 16.8 Å². The van der Waals surface area contributed by atoms with Crippen LogP contribution < -0.4 is 21.3 Å². The van der Waals surface area contributed by atoms with Gasteiger partial charge in [0.05, 0.1) is 30.9 Å². The Labute approximate surface area is 233 Å². The Morgan fingerprint density at radius 2 is 1.82 bits per heavy atom. The van der Waals surface area contributed by atoms with Gasteiger partial charge in [0, 0.05) is 30.6 Å². The van der Waals surface area contributed by atoms with Gasteiger partial charge >= 0.3 is 12.0 Å². The first-order valence-corrected chi connectivity index (χ1v) is 13.1. The monoisotopic (exact) mass is 567 g/mol. The maximum atomic E-state index is 13.6. The summed E-state index contributed by atoms with van der Waals surface area (Å²) in [4.78, 5) is 28.9. The molecule has 1 unspecified atom stereocenters. The topological polar surface area (TPSA) is 118 Å². The van der Waals surface area contributed by atoms with Crippen molar-refractivity contribution in [1.29, 1.82) is 0 Å². The van der Waals surface area contributed by atoms with Gasteiger partial charge in [-0.3, -0.25) is 15.5 Å². The molecule has 4 N–H and O–H groups in total. The van der Waals surface area contributed by atoms with E-state index in [0.29, 0.717) is 47.5 Å². The van der Waals surface area contributed by atoms with Crippen molar-refractivity contribution in [3.63, 3.8) is 0 Å². The van der Waals surface area contributed by atoms with Crippen LogP contribution in [0.25, 0.3) is 0 Å². The number of halogens is 2. The van der Waals surface area contributed by atoms with Crippen molar-refractivity contribution in [2.24, 2.45) is 5.84 Å². The first-order valence-electron chi connectivity index (χ1n) is 12.4. The molecule has 0 saturated carbocycles. The third-order valence-corrected chi connectivity index (χ3v) is 6.29. The number of hydrogen-bond donors (Lipinski definition) is 3. The number of anilines is 1. The highest BCUT2D eigenvalue weighted by atomic mass is 35.5. The van der Waals surface area contributed by atoms with Crippen LogP contribution in [0.2, 0.25) is 10.0 Å². The third-order valence-electron chi connectivity index (χ3n) is 5.74. The fourth-order valence-corrected chi connectivity index (χ4v) is 4.21. The molecule has 2 amide bonds. The molecule has 1 heterocycles. The normalized spacial score (nSPS) is 14.6. The number of amides is 2. The predicted octanol–water partition coefficient (Wildman–Crippen LogP) is 4.22. The van der Waals surface area contributed by atoms with Gasteiger partial charge < -0.3 is 24.4 Å². The number of hydrazine groups is 1. The molecule has 1 saturated heterocycles. The van der Waals surface area contributed by atoms with Gasteiger partial charge in [0.25, 0.3) is 0 Å². The van der Waals surface area contributed by atoms with Gasteiger partial charge in [-0.1, -0.05) is 35.3 Å². The van der Waals surface area contributed by atoms with E-state index in [-0.39, 0.29) is 25.3 Å². The lowest BCUT2D eigenvalue weighted by molar-refractivity contribution is -0.153. The Morgan fingerprint density at radius 3 is 2.42 bits per heavy atom. The van der Waals surface area contributed by atoms with E-state index >= 15 is 0 Å². The van der Waals surface area contributed by atoms with Crippen molar-refractivity contribution < 1.29 is 23.8 Å². The van der Waals surface area contributed by atoms with Crippen LogP contribution in [-0.2, 0) is 20.8 Å². The molecule has 38 heavy (non-hydrogen) atoms. The summed E-state index contributed by atoms with van der Waals surface area (Å²) < 4.78 is 16.5. The maximum Gasteiger partial charge on any atom is 0.325 e. The average molecular weight is 569 g/mol. The Balaban J connectivity index is 1.76. The predicted molar refractivity (Wildman–Crippen MR) is 147 cm³/mol. The molecule has 1 atom stereocenters. The van der Waals surface area contributed by atoms with E-state index in [1.807, 2.05) is 26.0 Å². The molecule has 0 spiro atoms. The lowest BCUT2D eigenvalue weighted by Gasteiger charge is -2.35. The highest BCUT2D eigenvalue weighted by Crippen LogP contribution is 2.29. The number of ether oxygens (including phenoxy) is 3. The molecule has 1 fully saturated rings. The summed E-state index contributed by atoms with van der Waals surface area (Å²) in [5.74, 6) is 5.94. The zero-order chi connectivity index (χ0) is 27.7. The minimum absolute atomic E-state index is 0.0362. The number of nitrogens with two attached hydrogens (primary N) is 1. The summed E-state index contributed by atoms with van der Waals surface area (Å²) in [6.07, 6.45) is 0.167. The second-order valence-corrected chi connectivity index (χ2v) is 10.1. The fourth-order valence-electron chi connectivity index (χ4n) is 3.86. The lowest BCUT2D eigenvalue weighted by Crippen LogP contribution is -2.58. The molecule has 0 aliphatic carbocycles. The molecule has 1 aliphatic heterocycles. The number of nitrogens with one attached hydrogen (secondary N) is 2. The Kier molecular flexibility index (Phi) is 11.3. The molecular weight excluding hydrogens is 533 g/mol. The van der Waals surface area contributed by atoms with Gasteiger partial charge in [-0.2, -0.15) is 0 Å².